The second kappa shape index (κ2) is 5.93. The molecule has 0 fully saturated rings. The van der Waals surface area contributed by atoms with Gasteiger partial charge < -0.3 is 4.79 Å². The van der Waals surface area contributed by atoms with Crippen LogP contribution in [-0.4, -0.2) is 6.29 Å². The summed E-state index contributed by atoms with van der Waals surface area (Å²) in [5, 5.41) is 0. The van der Waals surface area contributed by atoms with Gasteiger partial charge in [0.2, 0.25) is 0 Å². The second-order valence-corrected chi connectivity index (χ2v) is 1.38. The van der Waals surface area contributed by atoms with E-state index >= 15 is 0 Å². The number of carbonyl (C=O) groups is 1. The molecule has 0 unspecified atom stereocenters. The first-order chi connectivity index (χ1) is 2.27. The van der Waals surface area contributed by atoms with E-state index in [0.29, 0.717) is 0 Å². The Morgan fingerprint density at radius 2 is 1.67 bits per heavy atom. The van der Waals surface area contributed by atoms with Crippen molar-refractivity contribution in [1.29, 1.82) is 0 Å². The summed E-state index contributed by atoms with van der Waals surface area (Å²) in [6.07, 6.45) is 0.917. The summed E-state index contributed by atoms with van der Waals surface area (Å²) in [6, 6.07) is 0. The van der Waals surface area contributed by atoms with Crippen LogP contribution in [0.3, 0.4) is 0 Å². The molecule has 0 aromatic carbocycles. The number of hydrogen-bond acceptors (Lipinski definition) is 1. The van der Waals surface area contributed by atoms with E-state index in [0.717, 1.165) is 6.29 Å². The van der Waals surface area contributed by atoms with Gasteiger partial charge in [0.05, 0.1) is 0 Å². The summed E-state index contributed by atoms with van der Waals surface area (Å²) >= 11 is 0. The fraction of sp³-hybridized carbons (Fsp3) is 0.750. The molecule has 38 valence electrons. The molecule has 2 heteroatoms. The molecule has 0 aliphatic heterocycles. The summed E-state index contributed by atoms with van der Waals surface area (Å²) in [7, 11) is 0. The maximum Gasteiger partial charge on any atom is 0.122 e. The maximum absolute atomic E-state index is 9.50. The molecular formula is C4H8ArO. The Kier molecular flexibility index (Phi) is 9.91. The van der Waals surface area contributed by atoms with Crippen molar-refractivity contribution in [2.75, 3.05) is 0 Å². The monoisotopic (exact) mass is 112 g/mol. The van der Waals surface area contributed by atoms with Gasteiger partial charge in [0.1, 0.15) is 6.29 Å². The van der Waals surface area contributed by atoms with Gasteiger partial charge in [-0.2, -0.15) is 0 Å². The van der Waals surface area contributed by atoms with Crippen LogP contribution in [0.25, 0.3) is 0 Å². The Labute approximate surface area is 68.1 Å². The van der Waals surface area contributed by atoms with Crippen molar-refractivity contribution in [3.8, 4) is 0 Å². The van der Waals surface area contributed by atoms with Crippen molar-refractivity contribution in [3.05, 3.63) is 0 Å². The van der Waals surface area contributed by atoms with E-state index in [-0.39, 0.29) is 43.7 Å². The van der Waals surface area contributed by atoms with Crippen LogP contribution in [0.5, 0.6) is 0 Å². The minimum atomic E-state index is 0. The van der Waals surface area contributed by atoms with Gasteiger partial charge >= 0.3 is 0 Å². The Morgan fingerprint density at radius 3 is 1.67 bits per heavy atom. The Balaban J connectivity index is 0. The zero-order valence-corrected chi connectivity index (χ0v) is 4.62. The molecule has 0 aliphatic carbocycles. The third kappa shape index (κ3) is 8.87. The van der Waals surface area contributed by atoms with Gasteiger partial charge in [-0.05, 0) is 0 Å². The molecule has 0 aromatic rings. The average molecular weight is 112 g/mol. The van der Waals surface area contributed by atoms with Crippen molar-refractivity contribution >= 4 is 6.29 Å². The molecule has 0 saturated heterocycles. The van der Waals surface area contributed by atoms with Crippen molar-refractivity contribution < 1.29 is 42.5 Å². The molecular weight excluding hydrogens is 104 g/mol. The van der Waals surface area contributed by atoms with Crippen LogP contribution in [0.1, 0.15) is 13.8 Å². The van der Waals surface area contributed by atoms with Crippen LogP contribution in [0.4, 0.5) is 0 Å². The largest absolute Gasteiger partial charge is 0.303 e. The Bertz CT molecular complexity index is 34.5. The normalized spacial score (nSPS) is 7.17. The predicted molar refractivity (Wildman–Crippen MR) is 20.9 cm³/mol. The third-order valence-corrected chi connectivity index (χ3v) is 0.272. The van der Waals surface area contributed by atoms with Crippen LogP contribution in [0.2, 0.25) is 0 Å². The first-order valence-corrected chi connectivity index (χ1v) is 1.72. The van der Waals surface area contributed by atoms with Crippen molar-refractivity contribution in [2.24, 2.45) is 5.92 Å². The van der Waals surface area contributed by atoms with Gasteiger partial charge in [-0.1, -0.05) is 13.8 Å². The summed E-state index contributed by atoms with van der Waals surface area (Å²) in [5.74, 6) is 0.204. The summed E-state index contributed by atoms with van der Waals surface area (Å²) in [6.45, 7) is 3.71. The van der Waals surface area contributed by atoms with Gasteiger partial charge in [0, 0.05) is 43.7 Å². The summed E-state index contributed by atoms with van der Waals surface area (Å²) < 4.78 is 0. The summed E-state index contributed by atoms with van der Waals surface area (Å²) in [4.78, 5) is 9.50. The topological polar surface area (TPSA) is 17.1 Å². The average Bonchev–Trinajstić information content (AvgIpc) is 1.38. The van der Waals surface area contributed by atoms with E-state index in [4.69, 9.17) is 0 Å². The first-order valence-electron chi connectivity index (χ1n) is 1.72. The summed E-state index contributed by atoms with van der Waals surface area (Å²) in [5.41, 5.74) is 0. The van der Waals surface area contributed by atoms with Crippen LogP contribution >= 0.6 is 0 Å². The van der Waals surface area contributed by atoms with E-state index < -0.39 is 0 Å². The molecule has 0 radical (unpaired) electrons. The van der Waals surface area contributed by atoms with Crippen molar-refractivity contribution in [3.63, 3.8) is 0 Å². The van der Waals surface area contributed by atoms with Gasteiger partial charge in [0.15, 0.2) is 0 Å². The van der Waals surface area contributed by atoms with Crippen LogP contribution in [0.15, 0.2) is 0 Å². The van der Waals surface area contributed by atoms with Crippen LogP contribution in [0, 0.1) is 43.7 Å². The molecule has 6 heavy (non-hydrogen) atoms. The SMILES string of the molecule is CC(C)C=O.[Ar]. The Morgan fingerprint density at radius 1 is 1.50 bits per heavy atom. The van der Waals surface area contributed by atoms with Gasteiger partial charge in [-0.3, -0.25) is 0 Å². The molecule has 0 bridgehead atoms. The number of hydrogen-bond donors (Lipinski definition) is 0. The second-order valence-electron chi connectivity index (χ2n) is 1.38. The zero-order valence-electron chi connectivity index (χ0n) is 3.92. The number of rotatable bonds is 1. The van der Waals surface area contributed by atoms with E-state index in [1.165, 1.54) is 0 Å². The fourth-order valence-corrected chi connectivity index (χ4v) is 0. The minimum absolute atomic E-state index is 0. The molecule has 0 heterocycles. The van der Waals surface area contributed by atoms with E-state index in [2.05, 4.69) is 0 Å². The molecule has 0 atom stereocenters. The first kappa shape index (κ1) is 10.0. The van der Waals surface area contributed by atoms with E-state index in [1.54, 1.807) is 0 Å². The molecule has 0 N–H and O–H groups in total. The number of carbonyl (C=O) groups excluding carboxylic acids is 1. The van der Waals surface area contributed by atoms with Crippen LogP contribution < -0.4 is 0 Å². The quantitative estimate of drug-likeness (QED) is 0.459. The van der Waals surface area contributed by atoms with E-state index in [9.17, 15) is 4.79 Å². The fourth-order valence-electron chi connectivity index (χ4n) is 0. The van der Waals surface area contributed by atoms with Gasteiger partial charge in [-0.25, -0.2) is 0 Å². The molecule has 0 aliphatic rings. The van der Waals surface area contributed by atoms with Crippen molar-refractivity contribution in [2.45, 2.75) is 13.8 Å². The molecule has 0 amide bonds. The third-order valence-electron chi connectivity index (χ3n) is 0.272. The van der Waals surface area contributed by atoms with Crippen molar-refractivity contribution in [1.82, 2.24) is 0 Å². The molecule has 0 aromatic heterocycles. The van der Waals surface area contributed by atoms with Crippen LogP contribution in [-0.2, 0) is 4.79 Å². The zero-order chi connectivity index (χ0) is 4.28. The molecule has 1 nitrogen and oxygen atoms in total. The molecule has 0 spiro atoms. The van der Waals surface area contributed by atoms with Gasteiger partial charge in [-0.15, -0.1) is 0 Å². The smallest absolute Gasteiger partial charge is 0.122 e. The van der Waals surface area contributed by atoms with Gasteiger partial charge in [0.25, 0.3) is 0 Å². The maximum atomic E-state index is 9.50. The van der Waals surface area contributed by atoms with E-state index in [1.807, 2.05) is 13.8 Å². The molecule has 0 saturated carbocycles. The predicted octanol–water partition coefficient (Wildman–Crippen LogP) is 0.841. The number of aldehydes is 1. The Hall–Kier alpha value is 0.930. The standard InChI is InChI=1S/C4H8O.Ar/c1-4(2)3-5;/h3-4H,1-2H3;. The molecule has 0 rings (SSSR count). The minimum Gasteiger partial charge on any atom is -0.303 e.